The Hall–Kier alpha value is -1.97. The topological polar surface area (TPSA) is 65.1 Å². The number of hydrogen-bond acceptors (Lipinski definition) is 2. The number of fused-ring (bicyclic) bond motifs is 1. The molecule has 4 nitrogen and oxygen atoms in total. The van der Waals surface area contributed by atoms with Crippen LogP contribution in [0, 0.1) is 12.3 Å². The molecule has 0 fully saturated rings. The zero-order valence-corrected chi connectivity index (χ0v) is 11.6. The lowest BCUT2D eigenvalue weighted by molar-refractivity contribution is -0.139. The van der Waals surface area contributed by atoms with Gasteiger partial charge in [0.15, 0.2) is 0 Å². The Balaban J connectivity index is 2.18. The third kappa shape index (κ3) is 3.08. The Morgan fingerprint density at radius 3 is 2.74 bits per heavy atom. The number of aromatic amines is 1. The molecule has 4 heteroatoms. The van der Waals surface area contributed by atoms with Gasteiger partial charge in [0.1, 0.15) is 0 Å². The molecule has 1 heterocycles. The quantitative estimate of drug-likeness (QED) is 0.772. The molecule has 0 aliphatic heterocycles. The van der Waals surface area contributed by atoms with E-state index in [-0.39, 0.29) is 11.8 Å². The van der Waals surface area contributed by atoms with Crippen molar-refractivity contribution in [3.8, 4) is 0 Å². The summed E-state index contributed by atoms with van der Waals surface area (Å²) in [6.45, 7) is 6.56. The van der Waals surface area contributed by atoms with E-state index in [4.69, 9.17) is 5.11 Å². The van der Waals surface area contributed by atoms with Gasteiger partial charge < -0.3 is 15.4 Å². The van der Waals surface area contributed by atoms with Crippen LogP contribution in [0.3, 0.4) is 0 Å². The van der Waals surface area contributed by atoms with Gasteiger partial charge in [-0.15, -0.1) is 0 Å². The summed E-state index contributed by atoms with van der Waals surface area (Å²) in [5.74, 6) is -0.762. The molecule has 2 rings (SSSR count). The van der Waals surface area contributed by atoms with Crippen LogP contribution in [-0.2, 0) is 4.79 Å². The van der Waals surface area contributed by atoms with Gasteiger partial charge in [0, 0.05) is 23.1 Å². The van der Waals surface area contributed by atoms with Crippen molar-refractivity contribution in [1.29, 1.82) is 0 Å². The normalized spacial score (nSPS) is 11.7. The molecule has 2 aromatic rings. The van der Waals surface area contributed by atoms with Crippen molar-refractivity contribution in [2.45, 2.75) is 27.2 Å². The minimum absolute atomic E-state index is 0.154. The molecule has 0 saturated heterocycles. The summed E-state index contributed by atoms with van der Waals surface area (Å²) in [6.07, 6.45) is 0.154. The highest BCUT2D eigenvalue weighted by molar-refractivity contribution is 5.94. The Morgan fingerprint density at radius 2 is 2.05 bits per heavy atom. The number of para-hydroxylation sites is 1. The van der Waals surface area contributed by atoms with Gasteiger partial charge in [0.25, 0.3) is 0 Å². The summed E-state index contributed by atoms with van der Waals surface area (Å²) in [7, 11) is 0. The van der Waals surface area contributed by atoms with Crippen LogP contribution in [0.25, 0.3) is 10.9 Å². The number of aromatic nitrogens is 1. The summed E-state index contributed by atoms with van der Waals surface area (Å²) in [5, 5.41) is 13.4. The second kappa shape index (κ2) is 4.96. The molecule has 0 aliphatic rings. The number of aliphatic carboxylic acids is 1. The molecule has 3 N–H and O–H groups in total. The second-order valence-electron chi connectivity index (χ2n) is 5.76. The first-order valence-corrected chi connectivity index (χ1v) is 6.42. The first kappa shape index (κ1) is 13.5. The first-order chi connectivity index (χ1) is 8.89. The molecule has 0 unspecified atom stereocenters. The first-order valence-electron chi connectivity index (χ1n) is 6.42. The highest BCUT2D eigenvalue weighted by Gasteiger charge is 2.22. The standard InChI is InChI=1S/C15H20N2O2/c1-10-14(11-6-4-5-7-12(11)17-10)16-9-15(2,3)8-13(18)19/h4-7,16-17H,8-9H2,1-3H3,(H,18,19). The summed E-state index contributed by atoms with van der Waals surface area (Å²) in [5.41, 5.74) is 2.95. The van der Waals surface area contributed by atoms with Crippen LogP contribution in [0.1, 0.15) is 26.0 Å². The van der Waals surface area contributed by atoms with E-state index in [1.54, 1.807) is 0 Å². The van der Waals surface area contributed by atoms with E-state index in [9.17, 15) is 4.79 Å². The molecular weight excluding hydrogens is 240 g/mol. The molecule has 0 bridgehead atoms. The average Bonchev–Trinajstić information content (AvgIpc) is 2.60. The van der Waals surface area contributed by atoms with Crippen LogP contribution >= 0.6 is 0 Å². The highest BCUT2D eigenvalue weighted by atomic mass is 16.4. The summed E-state index contributed by atoms with van der Waals surface area (Å²) < 4.78 is 0. The maximum Gasteiger partial charge on any atom is 0.303 e. The van der Waals surface area contributed by atoms with Crippen molar-refractivity contribution in [1.82, 2.24) is 4.98 Å². The van der Waals surface area contributed by atoms with Crippen molar-refractivity contribution >= 4 is 22.6 Å². The lowest BCUT2D eigenvalue weighted by Gasteiger charge is -2.23. The van der Waals surface area contributed by atoms with Crippen LogP contribution in [0.2, 0.25) is 0 Å². The predicted molar refractivity (Wildman–Crippen MR) is 77.6 cm³/mol. The number of carboxylic acids is 1. The van der Waals surface area contributed by atoms with Crippen molar-refractivity contribution < 1.29 is 9.90 Å². The molecule has 0 saturated carbocycles. The summed E-state index contributed by atoms with van der Waals surface area (Å²) in [6, 6.07) is 8.10. The monoisotopic (exact) mass is 260 g/mol. The lowest BCUT2D eigenvalue weighted by Crippen LogP contribution is -2.26. The molecule has 0 aliphatic carbocycles. The Morgan fingerprint density at radius 1 is 1.37 bits per heavy atom. The molecule has 19 heavy (non-hydrogen) atoms. The summed E-state index contributed by atoms with van der Waals surface area (Å²) >= 11 is 0. The van der Waals surface area contributed by atoms with E-state index in [1.165, 1.54) is 0 Å². The number of hydrogen-bond donors (Lipinski definition) is 3. The Kier molecular flexibility index (Phi) is 3.51. The lowest BCUT2D eigenvalue weighted by atomic mass is 9.89. The number of carboxylic acid groups (broad SMARTS) is 1. The molecule has 0 radical (unpaired) electrons. The van der Waals surface area contributed by atoms with Crippen molar-refractivity contribution in [3.05, 3.63) is 30.0 Å². The van der Waals surface area contributed by atoms with Crippen molar-refractivity contribution in [2.75, 3.05) is 11.9 Å². The molecule has 0 spiro atoms. The predicted octanol–water partition coefficient (Wildman–Crippen LogP) is 3.39. The second-order valence-corrected chi connectivity index (χ2v) is 5.76. The van der Waals surface area contributed by atoms with Crippen LogP contribution < -0.4 is 5.32 Å². The fraction of sp³-hybridized carbons (Fsp3) is 0.400. The highest BCUT2D eigenvalue weighted by Crippen LogP contribution is 2.29. The van der Waals surface area contributed by atoms with Crippen LogP contribution in [-0.4, -0.2) is 22.6 Å². The van der Waals surface area contributed by atoms with E-state index in [2.05, 4.69) is 16.4 Å². The van der Waals surface area contributed by atoms with Crippen LogP contribution in [0.5, 0.6) is 0 Å². The molecule has 1 aromatic carbocycles. The van der Waals surface area contributed by atoms with Gasteiger partial charge in [0.05, 0.1) is 12.1 Å². The maximum absolute atomic E-state index is 10.8. The van der Waals surface area contributed by atoms with Gasteiger partial charge in [-0.1, -0.05) is 32.0 Å². The van der Waals surface area contributed by atoms with Crippen LogP contribution in [0.4, 0.5) is 5.69 Å². The minimum Gasteiger partial charge on any atom is -0.481 e. The number of carbonyl (C=O) groups is 1. The number of rotatable bonds is 5. The fourth-order valence-electron chi connectivity index (χ4n) is 2.30. The number of anilines is 1. The molecule has 1 aromatic heterocycles. The Bertz CT molecular complexity index is 599. The maximum atomic E-state index is 10.8. The number of nitrogens with one attached hydrogen (secondary N) is 2. The van der Waals surface area contributed by atoms with E-state index in [1.807, 2.05) is 39.0 Å². The third-order valence-corrected chi connectivity index (χ3v) is 3.27. The smallest absolute Gasteiger partial charge is 0.303 e. The average molecular weight is 260 g/mol. The van der Waals surface area contributed by atoms with Gasteiger partial charge in [-0.05, 0) is 18.4 Å². The minimum atomic E-state index is -0.762. The van der Waals surface area contributed by atoms with E-state index in [0.29, 0.717) is 6.54 Å². The molecule has 0 amide bonds. The zero-order chi connectivity index (χ0) is 14.0. The Labute approximate surface area is 112 Å². The number of benzene rings is 1. The van der Waals surface area contributed by atoms with Gasteiger partial charge in [-0.25, -0.2) is 0 Å². The van der Waals surface area contributed by atoms with Crippen LogP contribution in [0.15, 0.2) is 24.3 Å². The van der Waals surface area contributed by atoms with Gasteiger partial charge in [-0.3, -0.25) is 4.79 Å². The van der Waals surface area contributed by atoms with Gasteiger partial charge in [0.2, 0.25) is 0 Å². The van der Waals surface area contributed by atoms with Gasteiger partial charge >= 0.3 is 5.97 Å². The molecule has 102 valence electrons. The largest absolute Gasteiger partial charge is 0.481 e. The van der Waals surface area contributed by atoms with E-state index in [0.717, 1.165) is 22.3 Å². The number of aryl methyl sites for hydroxylation is 1. The zero-order valence-electron chi connectivity index (χ0n) is 11.6. The molecular formula is C15H20N2O2. The number of H-pyrrole nitrogens is 1. The fourth-order valence-corrected chi connectivity index (χ4v) is 2.30. The third-order valence-electron chi connectivity index (χ3n) is 3.27. The van der Waals surface area contributed by atoms with Crippen molar-refractivity contribution in [3.63, 3.8) is 0 Å². The SMILES string of the molecule is Cc1[nH]c2ccccc2c1NCC(C)(C)CC(=O)O. The molecule has 0 atom stereocenters. The van der Waals surface area contributed by atoms with Crippen molar-refractivity contribution in [2.24, 2.45) is 5.41 Å². The van der Waals surface area contributed by atoms with E-state index < -0.39 is 5.97 Å². The van der Waals surface area contributed by atoms with Gasteiger partial charge in [-0.2, -0.15) is 0 Å². The summed E-state index contributed by atoms with van der Waals surface area (Å²) in [4.78, 5) is 14.1. The van der Waals surface area contributed by atoms with E-state index >= 15 is 0 Å².